The Morgan fingerprint density at radius 2 is 2.26 bits per heavy atom. The molecule has 1 rings (SSSR count). The summed E-state index contributed by atoms with van der Waals surface area (Å²) in [5.74, 6) is 0.188. The van der Waals surface area contributed by atoms with Gasteiger partial charge in [-0.05, 0) is 32.9 Å². The predicted molar refractivity (Wildman–Crippen MR) is 69.6 cm³/mol. The fourth-order valence-electron chi connectivity index (χ4n) is 1.40. The first-order valence-corrected chi connectivity index (χ1v) is 5.85. The van der Waals surface area contributed by atoms with Crippen molar-refractivity contribution in [1.29, 1.82) is 5.26 Å². The van der Waals surface area contributed by atoms with Gasteiger partial charge in [0.25, 0.3) is 0 Å². The summed E-state index contributed by atoms with van der Waals surface area (Å²) in [7, 11) is 0. The van der Waals surface area contributed by atoms with Crippen LogP contribution >= 0.6 is 0 Å². The van der Waals surface area contributed by atoms with Crippen LogP contribution < -0.4 is 4.90 Å². The number of carbonyl (C=O) groups is 1. The van der Waals surface area contributed by atoms with E-state index < -0.39 is 11.7 Å². The van der Waals surface area contributed by atoms with E-state index in [2.05, 4.69) is 4.98 Å². The summed E-state index contributed by atoms with van der Waals surface area (Å²) < 4.78 is 5.23. The number of ether oxygens (including phenoxy) is 1. The number of rotatable bonds is 3. The minimum Gasteiger partial charge on any atom is -0.443 e. The average molecular weight is 263 g/mol. The third-order valence-electron chi connectivity index (χ3n) is 2.10. The number of nitriles is 1. The number of aliphatic hydroxyl groups is 1. The van der Waals surface area contributed by atoms with Crippen LogP contribution in [0.2, 0.25) is 0 Å². The van der Waals surface area contributed by atoms with Gasteiger partial charge in [-0.1, -0.05) is 0 Å². The molecule has 0 bridgehead atoms. The topological polar surface area (TPSA) is 86.4 Å². The second-order valence-corrected chi connectivity index (χ2v) is 4.84. The molecule has 0 aliphatic heterocycles. The molecule has 6 nitrogen and oxygen atoms in total. The number of hydrogen-bond donors (Lipinski definition) is 1. The lowest BCUT2D eigenvalue weighted by molar-refractivity contribution is 0.0572. The molecule has 1 N–H and O–H groups in total. The molecule has 6 heteroatoms. The quantitative estimate of drug-likeness (QED) is 0.896. The van der Waals surface area contributed by atoms with Crippen molar-refractivity contribution in [2.75, 3.05) is 18.1 Å². The second-order valence-electron chi connectivity index (χ2n) is 4.84. The Morgan fingerprint density at radius 3 is 2.79 bits per heavy atom. The fraction of sp³-hybridized carbons (Fsp3) is 0.462. The van der Waals surface area contributed by atoms with Gasteiger partial charge in [0, 0.05) is 6.20 Å². The molecule has 0 aliphatic rings. The number of aliphatic hydroxyl groups excluding tert-OH is 1. The van der Waals surface area contributed by atoms with Crippen LogP contribution in [-0.4, -0.2) is 34.9 Å². The summed E-state index contributed by atoms with van der Waals surface area (Å²) in [5.41, 5.74) is -0.409. The Kier molecular flexibility index (Phi) is 4.84. The first kappa shape index (κ1) is 14.9. The zero-order valence-corrected chi connectivity index (χ0v) is 11.3. The van der Waals surface area contributed by atoms with E-state index in [0.717, 1.165) is 4.90 Å². The summed E-state index contributed by atoms with van der Waals surface area (Å²) >= 11 is 0. The maximum absolute atomic E-state index is 12.1. The van der Waals surface area contributed by atoms with Crippen molar-refractivity contribution in [2.45, 2.75) is 26.4 Å². The van der Waals surface area contributed by atoms with Crippen LogP contribution in [0.15, 0.2) is 18.3 Å². The van der Waals surface area contributed by atoms with Gasteiger partial charge in [0.05, 0.1) is 18.7 Å². The van der Waals surface area contributed by atoms with Gasteiger partial charge in [-0.3, -0.25) is 4.90 Å². The lowest BCUT2D eigenvalue weighted by Gasteiger charge is -2.26. The first-order valence-electron chi connectivity index (χ1n) is 5.85. The molecule has 0 spiro atoms. The van der Waals surface area contributed by atoms with Crippen molar-refractivity contribution in [1.82, 2.24) is 4.98 Å². The van der Waals surface area contributed by atoms with Crippen LogP contribution in [0.1, 0.15) is 26.3 Å². The van der Waals surface area contributed by atoms with Gasteiger partial charge < -0.3 is 9.84 Å². The molecule has 0 aliphatic carbocycles. The summed E-state index contributed by atoms with van der Waals surface area (Å²) in [4.78, 5) is 17.2. The zero-order chi connectivity index (χ0) is 14.5. The Bertz CT molecular complexity index is 489. The number of hydrogen-bond acceptors (Lipinski definition) is 5. The molecule has 1 heterocycles. The van der Waals surface area contributed by atoms with E-state index in [4.69, 9.17) is 15.1 Å². The van der Waals surface area contributed by atoms with Crippen LogP contribution in [-0.2, 0) is 4.74 Å². The average Bonchev–Trinajstić information content (AvgIpc) is 2.33. The molecule has 0 saturated carbocycles. The van der Waals surface area contributed by atoms with Crippen molar-refractivity contribution >= 4 is 11.9 Å². The highest BCUT2D eigenvalue weighted by molar-refractivity contribution is 5.88. The Labute approximate surface area is 112 Å². The molecule has 0 fully saturated rings. The molecule has 102 valence electrons. The van der Waals surface area contributed by atoms with Crippen LogP contribution in [0.4, 0.5) is 10.6 Å². The van der Waals surface area contributed by atoms with Crippen LogP contribution in [0.5, 0.6) is 0 Å². The molecule has 1 aromatic heterocycles. The SMILES string of the molecule is CC(C)(C)OC(=O)N(CCO)c1ncccc1C#N. The summed E-state index contributed by atoms with van der Waals surface area (Å²) in [6.07, 6.45) is 0.835. The molecule has 0 saturated heterocycles. The Balaban J connectivity index is 3.07. The van der Waals surface area contributed by atoms with E-state index in [1.807, 2.05) is 6.07 Å². The number of pyridine rings is 1. The third-order valence-corrected chi connectivity index (χ3v) is 2.10. The van der Waals surface area contributed by atoms with E-state index in [1.54, 1.807) is 32.9 Å². The van der Waals surface area contributed by atoms with Crippen LogP contribution in [0.3, 0.4) is 0 Å². The van der Waals surface area contributed by atoms with Gasteiger partial charge in [-0.15, -0.1) is 0 Å². The maximum Gasteiger partial charge on any atom is 0.416 e. The standard InChI is InChI=1S/C13H17N3O3/c1-13(2,3)19-12(18)16(7-8-17)11-10(9-14)5-4-6-15-11/h4-6,17H,7-8H2,1-3H3. The normalized spacial score (nSPS) is 10.7. The molecule has 19 heavy (non-hydrogen) atoms. The predicted octanol–water partition coefficient (Wildman–Crippen LogP) is 1.69. The van der Waals surface area contributed by atoms with E-state index in [-0.39, 0.29) is 24.5 Å². The van der Waals surface area contributed by atoms with E-state index in [9.17, 15) is 4.79 Å². The smallest absolute Gasteiger partial charge is 0.416 e. The van der Waals surface area contributed by atoms with Crippen molar-refractivity contribution in [3.8, 4) is 6.07 Å². The molecule has 0 radical (unpaired) electrons. The number of amides is 1. The third kappa shape index (κ3) is 4.23. The molecule has 0 aromatic carbocycles. The van der Waals surface area contributed by atoms with E-state index in [1.165, 1.54) is 6.20 Å². The van der Waals surface area contributed by atoms with Gasteiger partial charge in [-0.2, -0.15) is 5.26 Å². The highest BCUT2D eigenvalue weighted by Gasteiger charge is 2.25. The monoisotopic (exact) mass is 263 g/mol. The van der Waals surface area contributed by atoms with Crippen LogP contribution in [0.25, 0.3) is 0 Å². The summed E-state index contributed by atoms with van der Waals surface area (Å²) in [5, 5.41) is 18.1. The van der Waals surface area contributed by atoms with Crippen molar-refractivity contribution in [3.05, 3.63) is 23.9 Å². The molecule has 1 amide bonds. The minimum atomic E-state index is -0.660. The van der Waals surface area contributed by atoms with Crippen molar-refractivity contribution in [2.24, 2.45) is 0 Å². The maximum atomic E-state index is 12.1. The summed E-state index contributed by atoms with van der Waals surface area (Å²) in [6, 6.07) is 5.12. The van der Waals surface area contributed by atoms with Crippen molar-refractivity contribution in [3.63, 3.8) is 0 Å². The molecular formula is C13H17N3O3. The highest BCUT2D eigenvalue weighted by Crippen LogP contribution is 2.19. The van der Waals surface area contributed by atoms with Gasteiger partial charge >= 0.3 is 6.09 Å². The fourth-order valence-corrected chi connectivity index (χ4v) is 1.40. The largest absolute Gasteiger partial charge is 0.443 e. The highest BCUT2D eigenvalue weighted by atomic mass is 16.6. The second kappa shape index (κ2) is 6.16. The number of anilines is 1. The van der Waals surface area contributed by atoms with Gasteiger partial charge in [0.15, 0.2) is 5.82 Å². The Morgan fingerprint density at radius 1 is 1.58 bits per heavy atom. The molecule has 0 atom stereocenters. The first-order chi connectivity index (χ1) is 8.89. The zero-order valence-electron chi connectivity index (χ0n) is 11.3. The van der Waals surface area contributed by atoms with E-state index >= 15 is 0 Å². The number of nitrogens with zero attached hydrogens (tertiary/aromatic N) is 3. The lowest BCUT2D eigenvalue weighted by Crippen LogP contribution is -2.39. The molecular weight excluding hydrogens is 246 g/mol. The van der Waals surface area contributed by atoms with Gasteiger partial charge in [-0.25, -0.2) is 9.78 Å². The van der Waals surface area contributed by atoms with Gasteiger partial charge in [0.1, 0.15) is 11.7 Å². The summed E-state index contributed by atoms with van der Waals surface area (Å²) in [6.45, 7) is 4.99. The number of aromatic nitrogens is 1. The Hall–Kier alpha value is -2.13. The van der Waals surface area contributed by atoms with Crippen molar-refractivity contribution < 1.29 is 14.6 Å². The lowest BCUT2D eigenvalue weighted by atomic mass is 10.2. The van der Waals surface area contributed by atoms with Crippen LogP contribution in [0, 0.1) is 11.3 Å². The molecule has 1 aromatic rings. The minimum absolute atomic E-state index is 0.0145. The van der Waals surface area contributed by atoms with E-state index in [0.29, 0.717) is 0 Å². The number of carbonyl (C=O) groups excluding carboxylic acids is 1. The molecule has 0 unspecified atom stereocenters. The van der Waals surface area contributed by atoms with Gasteiger partial charge in [0.2, 0.25) is 0 Å².